The van der Waals surface area contributed by atoms with E-state index in [1.54, 1.807) is 67.8 Å². The van der Waals surface area contributed by atoms with Crippen LogP contribution < -0.4 is 10.2 Å². The van der Waals surface area contributed by atoms with Crippen molar-refractivity contribution in [1.82, 2.24) is 5.43 Å². The molecule has 0 saturated carbocycles. The monoisotopic (exact) mass is 438 g/mol. The number of amides is 1. The number of methoxy groups -OCH3 is 1. The van der Waals surface area contributed by atoms with Crippen LogP contribution in [0.15, 0.2) is 88.4 Å². The van der Waals surface area contributed by atoms with Crippen LogP contribution in [0.5, 0.6) is 5.75 Å². The van der Waals surface area contributed by atoms with E-state index < -0.39 is 11.5 Å². The van der Waals surface area contributed by atoms with Crippen LogP contribution >= 0.6 is 15.9 Å². The van der Waals surface area contributed by atoms with Crippen LogP contribution in [-0.2, 0) is 10.4 Å². The Balaban J connectivity index is 1.86. The number of aliphatic hydroxyl groups is 1. The molecule has 0 saturated heterocycles. The number of halogens is 1. The molecule has 5 nitrogen and oxygen atoms in total. The molecule has 0 bridgehead atoms. The predicted molar refractivity (Wildman–Crippen MR) is 112 cm³/mol. The van der Waals surface area contributed by atoms with E-state index in [0.29, 0.717) is 16.9 Å². The SMILES string of the molecule is COc1ccc(/C=N\NC(=O)C(O)(c2ccccc2)c2ccccc2)cc1Br. The first kappa shape index (κ1) is 19.8. The summed E-state index contributed by atoms with van der Waals surface area (Å²) in [6.45, 7) is 0. The van der Waals surface area contributed by atoms with Crippen LogP contribution in [0.1, 0.15) is 16.7 Å². The molecule has 28 heavy (non-hydrogen) atoms. The molecule has 0 spiro atoms. The van der Waals surface area contributed by atoms with Crippen molar-refractivity contribution < 1.29 is 14.6 Å². The van der Waals surface area contributed by atoms with E-state index in [1.807, 2.05) is 18.2 Å². The predicted octanol–water partition coefficient (Wildman–Crippen LogP) is 3.84. The molecule has 0 heterocycles. The summed E-state index contributed by atoms with van der Waals surface area (Å²) in [7, 11) is 1.59. The van der Waals surface area contributed by atoms with Gasteiger partial charge in [0.25, 0.3) is 5.91 Å². The first-order chi connectivity index (χ1) is 13.6. The zero-order valence-corrected chi connectivity index (χ0v) is 16.8. The van der Waals surface area contributed by atoms with Crippen molar-refractivity contribution in [2.75, 3.05) is 7.11 Å². The van der Waals surface area contributed by atoms with Gasteiger partial charge in [0.1, 0.15) is 5.75 Å². The van der Waals surface area contributed by atoms with Gasteiger partial charge in [-0.25, -0.2) is 5.43 Å². The topological polar surface area (TPSA) is 70.9 Å². The van der Waals surface area contributed by atoms with Crippen LogP contribution in [0.25, 0.3) is 0 Å². The van der Waals surface area contributed by atoms with Gasteiger partial charge >= 0.3 is 0 Å². The largest absolute Gasteiger partial charge is 0.496 e. The highest BCUT2D eigenvalue weighted by Crippen LogP contribution is 2.30. The summed E-state index contributed by atoms with van der Waals surface area (Å²) in [4.78, 5) is 12.9. The molecule has 0 atom stereocenters. The summed E-state index contributed by atoms with van der Waals surface area (Å²) in [5.74, 6) is 0.0532. The molecule has 1 amide bonds. The average molecular weight is 439 g/mol. The Labute approximate surface area is 171 Å². The summed E-state index contributed by atoms with van der Waals surface area (Å²) in [6.07, 6.45) is 1.50. The molecule has 2 N–H and O–H groups in total. The summed E-state index contributed by atoms with van der Waals surface area (Å²) < 4.78 is 5.96. The minimum absolute atomic E-state index is 0.459. The fourth-order valence-corrected chi connectivity index (χ4v) is 3.36. The van der Waals surface area contributed by atoms with Crippen LogP contribution in [-0.4, -0.2) is 24.3 Å². The van der Waals surface area contributed by atoms with Crippen molar-refractivity contribution in [1.29, 1.82) is 0 Å². The number of hydrogen-bond donors (Lipinski definition) is 2. The molecule has 3 rings (SSSR count). The van der Waals surface area contributed by atoms with E-state index in [2.05, 4.69) is 26.5 Å². The molecule has 0 radical (unpaired) electrons. The third-order valence-corrected chi connectivity index (χ3v) is 4.89. The fraction of sp³-hybridized carbons (Fsp3) is 0.0909. The normalized spacial score (nSPS) is 11.4. The number of nitrogens with zero attached hydrogens (tertiary/aromatic N) is 1. The van der Waals surface area contributed by atoms with Crippen molar-refractivity contribution in [3.8, 4) is 5.75 Å². The lowest BCUT2D eigenvalue weighted by molar-refractivity contribution is -0.136. The molecule has 0 fully saturated rings. The average Bonchev–Trinajstić information content (AvgIpc) is 2.74. The van der Waals surface area contributed by atoms with Crippen molar-refractivity contribution >= 4 is 28.1 Å². The zero-order valence-electron chi connectivity index (χ0n) is 15.2. The Morgan fingerprint density at radius 1 is 1.04 bits per heavy atom. The van der Waals surface area contributed by atoms with Crippen LogP contribution in [0.4, 0.5) is 0 Å². The number of carbonyl (C=O) groups is 1. The van der Waals surface area contributed by atoms with Crippen LogP contribution in [0, 0.1) is 0 Å². The van der Waals surface area contributed by atoms with Gasteiger partial charge in [-0.05, 0) is 50.8 Å². The summed E-state index contributed by atoms with van der Waals surface area (Å²) in [5.41, 5.74) is 2.27. The van der Waals surface area contributed by atoms with Gasteiger partial charge in [0.2, 0.25) is 0 Å². The summed E-state index contributed by atoms with van der Waals surface area (Å²) in [5, 5.41) is 15.3. The maximum atomic E-state index is 12.9. The van der Waals surface area contributed by atoms with E-state index >= 15 is 0 Å². The molecular weight excluding hydrogens is 420 g/mol. The van der Waals surface area contributed by atoms with Crippen LogP contribution in [0.2, 0.25) is 0 Å². The molecule has 142 valence electrons. The van der Waals surface area contributed by atoms with Gasteiger partial charge in [-0.2, -0.15) is 5.10 Å². The highest BCUT2D eigenvalue weighted by Gasteiger charge is 2.39. The van der Waals surface area contributed by atoms with E-state index in [0.717, 1.165) is 10.0 Å². The zero-order chi connectivity index (χ0) is 20.0. The maximum absolute atomic E-state index is 12.9. The third-order valence-electron chi connectivity index (χ3n) is 4.27. The standard InChI is InChI=1S/C22H19BrN2O3/c1-28-20-13-12-16(14-19(20)23)15-24-25-21(26)22(27,17-8-4-2-5-9-17)18-10-6-3-7-11-18/h2-15,27H,1H3,(H,25,26)/b24-15-. The van der Waals surface area contributed by atoms with E-state index in [-0.39, 0.29) is 0 Å². The number of nitrogens with one attached hydrogen (secondary N) is 1. The van der Waals surface area contributed by atoms with Gasteiger partial charge in [0.15, 0.2) is 5.60 Å². The second-order valence-electron chi connectivity index (χ2n) is 6.04. The first-order valence-electron chi connectivity index (χ1n) is 8.56. The van der Waals surface area contributed by atoms with Crippen LogP contribution in [0.3, 0.4) is 0 Å². The van der Waals surface area contributed by atoms with Gasteiger partial charge in [-0.1, -0.05) is 60.7 Å². The minimum atomic E-state index is -1.86. The van der Waals surface area contributed by atoms with Gasteiger partial charge in [0, 0.05) is 0 Å². The fourth-order valence-electron chi connectivity index (χ4n) is 2.80. The number of benzene rings is 3. The van der Waals surface area contributed by atoms with Crippen molar-refractivity contribution in [2.45, 2.75) is 5.60 Å². The Kier molecular flexibility index (Phi) is 6.23. The molecule has 3 aromatic carbocycles. The van der Waals surface area contributed by atoms with E-state index in [1.165, 1.54) is 6.21 Å². The third kappa shape index (κ3) is 4.13. The molecular formula is C22H19BrN2O3. The lowest BCUT2D eigenvalue weighted by atomic mass is 9.85. The first-order valence-corrected chi connectivity index (χ1v) is 9.35. The van der Waals surface area contributed by atoms with Gasteiger partial charge < -0.3 is 9.84 Å². The second-order valence-corrected chi connectivity index (χ2v) is 6.89. The molecule has 0 unspecified atom stereocenters. The molecule has 0 aliphatic rings. The van der Waals surface area contributed by atoms with Gasteiger partial charge in [-0.3, -0.25) is 4.79 Å². The highest BCUT2D eigenvalue weighted by atomic mass is 79.9. The number of hydrazone groups is 1. The lowest BCUT2D eigenvalue weighted by Crippen LogP contribution is -2.43. The molecule has 3 aromatic rings. The van der Waals surface area contributed by atoms with Crippen molar-refractivity contribution in [3.63, 3.8) is 0 Å². The Hall–Kier alpha value is -2.96. The molecule has 0 aliphatic carbocycles. The maximum Gasteiger partial charge on any atom is 0.281 e. The number of ether oxygens (including phenoxy) is 1. The number of rotatable bonds is 6. The molecule has 0 aromatic heterocycles. The Morgan fingerprint density at radius 3 is 2.11 bits per heavy atom. The van der Waals surface area contributed by atoms with Crippen molar-refractivity contribution in [2.24, 2.45) is 5.10 Å². The Bertz CT molecular complexity index is 936. The summed E-state index contributed by atoms with van der Waals surface area (Å²) in [6, 6.07) is 23.0. The van der Waals surface area contributed by atoms with E-state index in [9.17, 15) is 9.90 Å². The lowest BCUT2D eigenvalue weighted by Gasteiger charge is -2.27. The molecule has 6 heteroatoms. The summed E-state index contributed by atoms with van der Waals surface area (Å²) >= 11 is 3.41. The van der Waals surface area contributed by atoms with E-state index in [4.69, 9.17) is 4.74 Å². The highest BCUT2D eigenvalue weighted by molar-refractivity contribution is 9.10. The number of hydrogen-bond acceptors (Lipinski definition) is 4. The second kappa shape index (κ2) is 8.82. The molecule has 0 aliphatic heterocycles. The van der Waals surface area contributed by atoms with Crippen molar-refractivity contribution in [3.05, 3.63) is 100 Å². The van der Waals surface area contributed by atoms with Gasteiger partial charge in [0.05, 0.1) is 17.8 Å². The smallest absolute Gasteiger partial charge is 0.281 e. The minimum Gasteiger partial charge on any atom is -0.496 e. The number of carbonyl (C=O) groups excluding carboxylic acids is 1. The Morgan fingerprint density at radius 2 is 1.61 bits per heavy atom. The quantitative estimate of drug-likeness (QED) is 0.453. The van der Waals surface area contributed by atoms with Gasteiger partial charge in [-0.15, -0.1) is 0 Å².